The third-order valence-corrected chi connectivity index (χ3v) is 4.81. The molecular formula is C23H23ClN2O. The van der Waals surface area contributed by atoms with E-state index in [2.05, 4.69) is 22.8 Å². The van der Waals surface area contributed by atoms with E-state index in [9.17, 15) is 4.79 Å². The summed E-state index contributed by atoms with van der Waals surface area (Å²) in [5.41, 5.74) is 4.14. The van der Waals surface area contributed by atoms with Gasteiger partial charge in [-0.05, 0) is 42.2 Å². The average molecular weight is 379 g/mol. The number of halogens is 1. The zero-order valence-electron chi connectivity index (χ0n) is 15.3. The fourth-order valence-electron chi connectivity index (χ4n) is 2.99. The van der Waals surface area contributed by atoms with Gasteiger partial charge in [-0.1, -0.05) is 78.3 Å². The highest BCUT2D eigenvalue weighted by molar-refractivity contribution is 6.31. The number of para-hydroxylation sites is 1. The van der Waals surface area contributed by atoms with Crippen LogP contribution >= 0.6 is 11.6 Å². The van der Waals surface area contributed by atoms with Crippen LogP contribution in [0.1, 0.15) is 29.7 Å². The topological polar surface area (TPSA) is 41.1 Å². The zero-order valence-corrected chi connectivity index (χ0v) is 16.0. The molecular weight excluding hydrogens is 356 g/mol. The van der Waals surface area contributed by atoms with Crippen molar-refractivity contribution in [1.82, 2.24) is 5.32 Å². The van der Waals surface area contributed by atoms with Crippen LogP contribution in [0.3, 0.4) is 0 Å². The number of anilines is 1. The third-order valence-electron chi connectivity index (χ3n) is 4.47. The van der Waals surface area contributed by atoms with Gasteiger partial charge in [0.05, 0.1) is 6.54 Å². The number of carbonyl (C=O) groups is 1. The zero-order chi connectivity index (χ0) is 19.1. The summed E-state index contributed by atoms with van der Waals surface area (Å²) < 4.78 is 0. The Hall–Kier alpha value is -2.62. The van der Waals surface area contributed by atoms with Gasteiger partial charge in [0.25, 0.3) is 0 Å². The van der Waals surface area contributed by atoms with E-state index >= 15 is 0 Å². The van der Waals surface area contributed by atoms with Crippen LogP contribution in [0, 0.1) is 0 Å². The molecule has 0 aliphatic rings. The van der Waals surface area contributed by atoms with Crippen LogP contribution in [0.2, 0.25) is 5.02 Å². The van der Waals surface area contributed by atoms with Crippen molar-refractivity contribution in [2.75, 3.05) is 11.9 Å². The summed E-state index contributed by atoms with van der Waals surface area (Å²) in [5, 5.41) is 6.95. The van der Waals surface area contributed by atoms with Crippen LogP contribution < -0.4 is 10.6 Å². The molecule has 27 heavy (non-hydrogen) atoms. The summed E-state index contributed by atoms with van der Waals surface area (Å²) in [7, 11) is 0. The first-order chi connectivity index (χ1) is 13.1. The Morgan fingerprint density at radius 3 is 2.37 bits per heavy atom. The Bertz CT molecular complexity index is 896. The third kappa shape index (κ3) is 5.43. The Morgan fingerprint density at radius 1 is 0.926 bits per heavy atom. The highest BCUT2D eigenvalue weighted by Crippen LogP contribution is 2.22. The standard InChI is InChI=1S/C23H23ClN2O/c1-17(20-12-6-7-13-21(20)24)25-16-23(27)26-22-14-8-5-11-19(22)15-18-9-3-2-4-10-18/h2-14,17,25H,15-16H2,1H3,(H,26,27). The van der Waals surface area contributed by atoms with E-state index in [-0.39, 0.29) is 18.5 Å². The van der Waals surface area contributed by atoms with Crippen LogP contribution in [0.5, 0.6) is 0 Å². The molecule has 3 aromatic carbocycles. The Labute approximate surface area is 165 Å². The summed E-state index contributed by atoms with van der Waals surface area (Å²) in [6.07, 6.45) is 0.779. The van der Waals surface area contributed by atoms with Crippen LogP contribution in [-0.4, -0.2) is 12.5 Å². The molecule has 0 aliphatic carbocycles. The molecule has 0 spiro atoms. The first kappa shape index (κ1) is 19.2. The molecule has 3 nitrogen and oxygen atoms in total. The van der Waals surface area contributed by atoms with Crippen molar-refractivity contribution in [2.24, 2.45) is 0 Å². The molecule has 0 aliphatic heterocycles. The van der Waals surface area contributed by atoms with Crippen molar-refractivity contribution in [3.8, 4) is 0 Å². The molecule has 138 valence electrons. The molecule has 0 aromatic heterocycles. The summed E-state index contributed by atoms with van der Waals surface area (Å²) in [4.78, 5) is 12.4. The van der Waals surface area contributed by atoms with Gasteiger partial charge in [0, 0.05) is 16.8 Å². The smallest absolute Gasteiger partial charge is 0.238 e. The summed E-state index contributed by atoms with van der Waals surface area (Å²) >= 11 is 6.22. The minimum Gasteiger partial charge on any atom is -0.325 e. The Balaban J connectivity index is 1.60. The van der Waals surface area contributed by atoms with Gasteiger partial charge in [-0.3, -0.25) is 4.79 Å². The predicted molar refractivity (Wildman–Crippen MR) is 112 cm³/mol. The van der Waals surface area contributed by atoms with E-state index in [1.165, 1.54) is 5.56 Å². The summed E-state index contributed by atoms with van der Waals surface area (Å²) in [6, 6.07) is 25.8. The van der Waals surface area contributed by atoms with Gasteiger partial charge in [-0.25, -0.2) is 0 Å². The Kier molecular flexibility index (Phi) is 6.64. The van der Waals surface area contributed by atoms with Crippen molar-refractivity contribution >= 4 is 23.2 Å². The van der Waals surface area contributed by atoms with Crippen molar-refractivity contribution in [1.29, 1.82) is 0 Å². The highest BCUT2D eigenvalue weighted by atomic mass is 35.5. The van der Waals surface area contributed by atoms with E-state index in [1.54, 1.807) is 0 Å². The van der Waals surface area contributed by atoms with E-state index in [1.807, 2.05) is 73.7 Å². The van der Waals surface area contributed by atoms with Crippen molar-refractivity contribution in [3.63, 3.8) is 0 Å². The van der Waals surface area contributed by atoms with E-state index in [0.29, 0.717) is 5.02 Å². The number of carbonyl (C=O) groups excluding carboxylic acids is 1. The maximum absolute atomic E-state index is 12.4. The molecule has 3 aromatic rings. The fourth-order valence-corrected chi connectivity index (χ4v) is 3.29. The molecule has 0 saturated carbocycles. The van der Waals surface area contributed by atoms with E-state index < -0.39 is 0 Å². The van der Waals surface area contributed by atoms with Gasteiger partial charge < -0.3 is 10.6 Å². The molecule has 1 atom stereocenters. The lowest BCUT2D eigenvalue weighted by atomic mass is 10.0. The fraction of sp³-hybridized carbons (Fsp3) is 0.174. The lowest BCUT2D eigenvalue weighted by Gasteiger charge is -2.16. The number of benzene rings is 3. The average Bonchev–Trinajstić information content (AvgIpc) is 2.69. The second-order valence-corrected chi connectivity index (χ2v) is 6.90. The van der Waals surface area contributed by atoms with Gasteiger partial charge in [-0.15, -0.1) is 0 Å². The van der Waals surface area contributed by atoms with Crippen LogP contribution in [0.4, 0.5) is 5.69 Å². The lowest BCUT2D eigenvalue weighted by Crippen LogP contribution is -2.30. The molecule has 3 rings (SSSR count). The molecule has 0 heterocycles. The first-order valence-electron chi connectivity index (χ1n) is 9.03. The van der Waals surface area contributed by atoms with E-state index in [4.69, 9.17) is 11.6 Å². The maximum atomic E-state index is 12.4. The van der Waals surface area contributed by atoms with Gasteiger partial charge in [0.15, 0.2) is 0 Å². The van der Waals surface area contributed by atoms with Gasteiger partial charge in [0.2, 0.25) is 5.91 Å². The highest BCUT2D eigenvalue weighted by Gasteiger charge is 2.12. The molecule has 2 N–H and O–H groups in total. The number of hydrogen-bond acceptors (Lipinski definition) is 2. The lowest BCUT2D eigenvalue weighted by molar-refractivity contribution is -0.115. The molecule has 0 saturated heterocycles. The van der Waals surface area contributed by atoms with Crippen molar-refractivity contribution in [3.05, 3.63) is 101 Å². The summed E-state index contributed by atoms with van der Waals surface area (Å²) in [5.74, 6) is -0.0746. The first-order valence-corrected chi connectivity index (χ1v) is 9.41. The largest absolute Gasteiger partial charge is 0.325 e. The van der Waals surface area contributed by atoms with Crippen molar-refractivity contribution in [2.45, 2.75) is 19.4 Å². The molecule has 0 bridgehead atoms. The SMILES string of the molecule is CC(NCC(=O)Nc1ccccc1Cc1ccccc1)c1ccccc1Cl. The molecule has 1 unspecified atom stereocenters. The van der Waals surface area contributed by atoms with Crippen LogP contribution in [0.25, 0.3) is 0 Å². The molecule has 4 heteroatoms. The number of nitrogens with one attached hydrogen (secondary N) is 2. The maximum Gasteiger partial charge on any atom is 0.238 e. The summed E-state index contributed by atoms with van der Waals surface area (Å²) in [6.45, 7) is 2.21. The second kappa shape index (κ2) is 9.36. The minimum absolute atomic E-state index is 0.0102. The minimum atomic E-state index is -0.0746. The normalized spacial score (nSPS) is 11.8. The number of rotatable bonds is 7. The van der Waals surface area contributed by atoms with Crippen LogP contribution in [-0.2, 0) is 11.2 Å². The number of hydrogen-bond donors (Lipinski definition) is 2. The van der Waals surface area contributed by atoms with Crippen LogP contribution in [0.15, 0.2) is 78.9 Å². The molecule has 0 radical (unpaired) electrons. The van der Waals surface area contributed by atoms with Gasteiger partial charge in [0.1, 0.15) is 0 Å². The monoisotopic (exact) mass is 378 g/mol. The quantitative estimate of drug-likeness (QED) is 0.591. The Morgan fingerprint density at radius 2 is 1.59 bits per heavy atom. The molecule has 0 fully saturated rings. The second-order valence-electron chi connectivity index (χ2n) is 6.49. The predicted octanol–water partition coefficient (Wildman–Crippen LogP) is 5.22. The van der Waals surface area contributed by atoms with Gasteiger partial charge >= 0.3 is 0 Å². The van der Waals surface area contributed by atoms with Crippen molar-refractivity contribution < 1.29 is 4.79 Å². The molecule has 1 amide bonds. The van der Waals surface area contributed by atoms with E-state index in [0.717, 1.165) is 23.2 Å². The van der Waals surface area contributed by atoms with Gasteiger partial charge in [-0.2, -0.15) is 0 Å². The number of amides is 1.